The zero-order valence-electron chi connectivity index (χ0n) is 43.2. The number of rotatable bonds is 0. The Balaban J connectivity index is 1.00. The van der Waals surface area contributed by atoms with E-state index in [1.54, 1.807) is 97.1 Å². The highest BCUT2D eigenvalue weighted by Crippen LogP contribution is 2.43. The summed E-state index contributed by atoms with van der Waals surface area (Å²) in [7, 11) is 0. The third-order valence-corrected chi connectivity index (χ3v) is 18.6. The molecule has 0 saturated heterocycles. The normalized spacial score (nSPS) is 19.2. The molecule has 14 heteroatoms. The first-order chi connectivity index (χ1) is 40.8. The summed E-state index contributed by atoms with van der Waals surface area (Å²) in [6.07, 6.45) is 8.57. The van der Waals surface area contributed by atoms with E-state index < -0.39 is 47.5 Å². The fourth-order valence-corrected chi connectivity index (χ4v) is 14.9. The number of nitrogens with zero attached hydrogens (tertiary/aromatic N) is 4. The second-order valence-electron chi connectivity index (χ2n) is 22.7. The van der Waals surface area contributed by atoms with Crippen LogP contribution in [0.25, 0.3) is 67.4 Å². The molecule has 7 aromatic rings. The summed E-state index contributed by atoms with van der Waals surface area (Å²) in [5, 5.41) is 5.85. The molecule has 388 valence electrons. The van der Waals surface area contributed by atoms with E-state index >= 15 is 9.59 Å². The SMILES string of the molecule is O=C1CC2=C(C(=O)c3ccccc3C2=O)C2=Nc3c(c4c(c5cc6c7c(c8c(c6cc35)=NC3=c5cc6c(cc5C(=O)CC=83)=CC=CC6=O)=C3C(=O)CC5=C(C(=O)c6ccccc6C5=O)C3=N7)=NC3=c5cc6c(cc5C(=O)CC=43)=CC=CC6=O)=C12. The second-order valence-corrected chi connectivity index (χ2v) is 22.7. The van der Waals surface area contributed by atoms with Gasteiger partial charge in [0.25, 0.3) is 0 Å². The summed E-state index contributed by atoms with van der Waals surface area (Å²) in [5.41, 5.74) is 4.65. The van der Waals surface area contributed by atoms with E-state index in [1.807, 2.05) is 12.1 Å². The number of hydrogen-bond donors (Lipinski definition) is 0. The van der Waals surface area contributed by atoms with Gasteiger partial charge in [-0.15, -0.1) is 0 Å². The predicted molar refractivity (Wildman–Crippen MR) is 306 cm³/mol. The van der Waals surface area contributed by atoms with Crippen LogP contribution in [-0.4, -0.2) is 69.3 Å². The Labute approximate surface area is 468 Å². The molecule has 0 saturated carbocycles. The second kappa shape index (κ2) is 14.9. The van der Waals surface area contributed by atoms with Crippen molar-refractivity contribution in [2.24, 2.45) is 20.0 Å². The van der Waals surface area contributed by atoms with E-state index in [0.717, 1.165) is 0 Å². The third-order valence-electron chi connectivity index (χ3n) is 18.6. The molecule has 7 aromatic carbocycles. The van der Waals surface area contributed by atoms with Crippen LogP contribution in [0, 0.1) is 0 Å². The number of allylic oxidation sites excluding steroid dienone is 8. The van der Waals surface area contributed by atoms with Gasteiger partial charge in [-0.1, -0.05) is 72.8 Å². The Morgan fingerprint density at radius 1 is 0.333 bits per heavy atom. The van der Waals surface area contributed by atoms with E-state index in [2.05, 4.69) is 0 Å². The molecule has 0 atom stereocenters. The Morgan fingerprint density at radius 3 is 1.14 bits per heavy atom. The molecule has 0 spiro atoms. The van der Waals surface area contributed by atoms with Gasteiger partial charge in [0, 0.05) is 134 Å². The van der Waals surface area contributed by atoms with E-state index in [1.165, 1.54) is 12.2 Å². The number of ketones is 10. The van der Waals surface area contributed by atoms with Gasteiger partial charge < -0.3 is 0 Å². The Kier molecular flexibility index (Phi) is 8.07. The number of Topliss-reactive ketones (excluding diaryl/α,β-unsaturated/α-hetero) is 8. The molecule has 4 heterocycles. The van der Waals surface area contributed by atoms with Crippen LogP contribution in [-0.2, 0) is 9.59 Å². The molecular weight excluding hydrogens is 1060 g/mol. The predicted octanol–water partition coefficient (Wildman–Crippen LogP) is 2.59. The van der Waals surface area contributed by atoms with Crippen molar-refractivity contribution in [3.8, 4) is 0 Å². The van der Waals surface area contributed by atoms with Gasteiger partial charge in [-0.25, -0.2) is 20.0 Å². The van der Waals surface area contributed by atoms with Crippen molar-refractivity contribution >= 4 is 148 Å². The first-order valence-electron chi connectivity index (χ1n) is 27.3. The van der Waals surface area contributed by atoms with Gasteiger partial charge in [0.2, 0.25) is 0 Å². The van der Waals surface area contributed by atoms with E-state index in [9.17, 15) is 38.4 Å². The van der Waals surface area contributed by atoms with E-state index in [-0.39, 0.29) is 114 Å². The number of hydrogen-bond acceptors (Lipinski definition) is 14. The fraction of sp³-hybridized carbons (Fsp3) is 0.0571. The molecular formula is C70H28N4O10. The summed E-state index contributed by atoms with van der Waals surface area (Å²) in [5.74, 6) is -3.84. The summed E-state index contributed by atoms with van der Waals surface area (Å²) >= 11 is 0. The van der Waals surface area contributed by atoms with Crippen molar-refractivity contribution < 1.29 is 47.9 Å². The minimum absolute atomic E-state index is 0.00526. The molecule has 14 nitrogen and oxygen atoms in total. The van der Waals surface area contributed by atoms with Crippen molar-refractivity contribution in [1.82, 2.24) is 0 Å². The molecule has 12 aliphatic rings. The standard InChI is InChI=1S/C70H28N4O10/c75-45-13-5-7-25-15-33-35(17-31(25)45)59-41(21-47(33)77)51-57-55-49(79)23-43-53(69(83)29-11-3-1-9-27(29)67(43)81)65(55)73-63(57)39-19-38-40(20-37(39)61(51)71-59)64-58(56-50(80)24-44-54(66(56)74-64)70(84)30-12-4-2-10-28(30)68(44)82)52-42-22-48(78)34-16-26-8-6-14-46(76)32(26)18-36(34)60(42)72-62(38)52/h1-20H,21-24H2. The lowest BCUT2D eigenvalue weighted by Crippen LogP contribution is -2.44. The van der Waals surface area contributed by atoms with Crippen molar-refractivity contribution in [3.05, 3.63) is 228 Å². The van der Waals surface area contributed by atoms with Crippen LogP contribution in [0.5, 0.6) is 0 Å². The van der Waals surface area contributed by atoms with Crippen LogP contribution in [0.1, 0.15) is 109 Å². The van der Waals surface area contributed by atoms with Crippen molar-refractivity contribution in [1.29, 1.82) is 0 Å². The molecule has 0 fully saturated rings. The minimum atomic E-state index is -0.474. The first-order valence-corrected chi connectivity index (χ1v) is 27.3. The molecule has 4 aliphatic heterocycles. The molecule has 84 heavy (non-hydrogen) atoms. The van der Waals surface area contributed by atoms with E-state index in [4.69, 9.17) is 20.0 Å². The number of fused-ring (bicyclic) bond motifs is 24. The lowest BCUT2D eigenvalue weighted by molar-refractivity contribution is -0.113. The summed E-state index contributed by atoms with van der Waals surface area (Å²) in [6.45, 7) is 0. The van der Waals surface area contributed by atoms with Crippen LogP contribution >= 0.6 is 0 Å². The van der Waals surface area contributed by atoms with Crippen LogP contribution in [0.15, 0.2) is 151 Å². The summed E-state index contributed by atoms with van der Waals surface area (Å²) < 4.78 is 0. The highest BCUT2D eigenvalue weighted by Gasteiger charge is 2.47. The zero-order valence-corrected chi connectivity index (χ0v) is 43.2. The molecule has 0 unspecified atom stereocenters. The van der Waals surface area contributed by atoms with Gasteiger partial charge in [-0.2, -0.15) is 0 Å². The maximum Gasteiger partial charge on any atom is 0.196 e. The van der Waals surface area contributed by atoms with Gasteiger partial charge in [0.05, 0.1) is 67.2 Å². The van der Waals surface area contributed by atoms with Crippen LogP contribution in [0.2, 0.25) is 0 Å². The molecule has 0 radical (unpaired) electrons. The van der Waals surface area contributed by atoms with Gasteiger partial charge in [0.15, 0.2) is 57.8 Å². The highest BCUT2D eigenvalue weighted by atomic mass is 16.2. The Morgan fingerprint density at radius 2 is 0.726 bits per heavy atom. The molecule has 19 rings (SSSR count). The van der Waals surface area contributed by atoms with Gasteiger partial charge in [0.1, 0.15) is 0 Å². The van der Waals surface area contributed by atoms with Crippen LogP contribution in [0.3, 0.4) is 0 Å². The fourth-order valence-electron chi connectivity index (χ4n) is 14.9. The summed E-state index contributed by atoms with van der Waals surface area (Å²) in [4.78, 5) is 166. The molecule has 8 aliphatic carbocycles. The van der Waals surface area contributed by atoms with Gasteiger partial charge in [-0.05, 0) is 70.1 Å². The number of aliphatic imine (C=N–C) groups is 2. The largest absolute Gasteiger partial charge is 0.294 e. The van der Waals surface area contributed by atoms with Crippen LogP contribution < -0.4 is 52.5 Å². The topological polar surface area (TPSA) is 220 Å². The Hall–Kier alpha value is -11.4. The molecule has 0 N–H and O–H groups in total. The molecule has 0 bridgehead atoms. The maximum absolute atomic E-state index is 15.1. The zero-order chi connectivity index (χ0) is 56.4. The van der Waals surface area contributed by atoms with Crippen molar-refractivity contribution in [2.45, 2.75) is 25.7 Å². The van der Waals surface area contributed by atoms with Crippen LogP contribution in [0.4, 0.5) is 11.4 Å². The highest BCUT2D eigenvalue weighted by molar-refractivity contribution is 6.61. The summed E-state index contributed by atoms with van der Waals surface area (Å²) in [6, 6.07) is 23.3. The van der Waals surface area contributed by atoms with Crippen molar-refractivity contribution in [3.63, 3.8) is 0 Å². The number of carbonyl (C=O) groups excluding carboxylic acids is 10. The van der Waals surface area contributed by atoms with Gasteiger partial charge in [-0.3, -0.25) is 47.9 Å². The monoisotopic (exact) mass is 1080 g/mol. The minimum Gasteiger partial charge on any atom is -0.294 e. The van der Waals surface area contributed by atoms with Crippen molar-refractivity contribution in [2.75, 3.05) is 0 Å². The third kappa shape index (κ3) is 5.28. The lowest BCUT2D eigenvalue weighted by Gasteiger charge is -2.25. The maximum atomic E-state index is 15.1. The number of benzene rings is 7. The average Bonchev–Trinajstić information content (AvgIpc) is 1.61. The quantitative estimate of drug-likeness (QED) is 0.202. The van der Waals surface area contributed by atoms with E-state index in [0.29, 0.717) is 119 Å². The molecule has 0 aromatic heterocycles. The number of carbonyl (C=O) groups is 10. The molecule has 0 amide bonds. The first kappa shape index (κ1) is 45.4. The van der Waals surface area contributed by atoms with Gasteiger partial charge >= 0.3 is 0 Å². The smallest absolute Gasteiger partial charge is 0.196 e. The average molecular weight is 1090 g/mol. The Bertz CT molecular complexity index is 5660. The lowest BCUT2D eigenvalue weighted by atomic mass is 9.74.